The lowest BCUT2D eigenvalue weighted by Gasteiger charge is -2.04. The van der Waals surface area contributed by atoms with Crippen molar-refractivity contribution in [1.29, 1.82) is 0 Å². The van der Waals surface area contributed by atoms with E-state index in [0.29, 0.717) is 5.02 Å². The number of nitrogens with zero attached hydrogens (tertiary/aromatic N) is 3. The Hall–Kier alpha value is -2.40. The van der Waals surface area contributed by atoms with Gasteiger partial charge in [-0.25, -0.2) is 9.78 Å². The summed E-state index contributed by atoms with van der Waals surface area (Å²) in [6.45, 7) is 0. The zero-order valence-corrected chi connectivity index (χ0v) is 11.3. The second-order valence-electron chi connectivity index (χ2n) is 4.38. The summed E-state index contributed by atoms with van der Waals surface area (Å²) in [5, 5.41) is 14.1. The topological polar surface area (TPSA) is 68.0 Å². The molecule has 0 fully saturated rings. The van der Waals surface area contributed by atoms with Crippen LogP contribution in [0.25, 0.3) is 28.0 Å². The van der Waals surface area contributed by atoms with E-state index in [0.717, 1.165) is 33.6 Å². The Morgan fingerprint density at radius 2 is 2.20 bits per heavy atom. The van der Waals surface area contributed by atoms with Gasteiger partial charge in [0, 0.05) is 18.5 Å². The Kier molecular flexibility index (Phi) is 2.91. The zero-order valence-electron chi connectivity index (χ0n) is 10.5. The van der Waals surface area contributed by atoms with Crippen molar-refractivity contribution >= 4 is 45.6 Å². The molecular weight excluding hydrogens is 278 g/mol. The third-order valence-electron chi connectivity index (χ3n) is 3.04. The largest absolute Gasteiger partial charge is 0.478 e. The quantitative estimate of drug-likeness (QED) is 0.736. The van der Waals surface area contributed by atoms with Gasteiger partial charge in [0.15, 0.2) is 0 Å². The summed E-state index contributed by atoms with van der Waals surface area (Å²) >= 11 is 6.41. The molecule has 1 aromatic carbocycles. The Bertz CT molecular complexity index is 868. The molecule has 5 nitrogen and oxygen atoms in total. The maximum Gasteiger partial charge on any atom is 0.328 e. The molecule has 0 saturated carbocycles. The maximum absolute atomic E-state index is 10.6. The van der Waals surface area contributed by atoms with Gasteiger partial charge in [0.25, 0.3) is 0 Å². The van der Waals surface area contributed by atoms with Crippen molar-refractivity contribution in [2.24, 2.45) is 7.05 Å². The number of aryl methyl sites for hydroxylation is 1. The van der Waals surface area contributed by atoms with Gasteiger partial charge in [0.05, 0.1) is 16.7 Å². The molecule has 1 N–H and O–H groups in total. The Morgan fingerprint density at radius 1 is 1.40 bits per heavy atom. The van der Waals surface area contributed by atoms with Crippen molar-refractivity contribution in [2.75, 3.05) is 0 Å². The van der Waals surface area contributed by atoms with Crippen LogP contribution in [0.4, 0.5) is 0 Å². The zero-order chi connectivity index (χ0) is 14.3. The van der Waals surface area contributed by atoms with E-state index in [1.54, 1.807) is 24.0 Å². The van der Waals surface area contributed by atoms with E-state index in [-0.39, 0.29) is 0 Å². The van der Waals surface area contributed by atoms with E-state index in [1.807, 2.05) is 12.1 Å². The summed E-state index contributed by atoms with van der Waals surface area (Å²) in [7, 11) is 1.80. The molecule has 20 heavy (non-hydrogen) atoms. The number of benzene rings is 1. The first-order valence-electron chi connectivity index (χ1n) is 5.88. The van der Waals surface area contributed by atoms with Crippen molar-refractivity contribution in [3.8, 4) is 0 Å². The minimum absolute atomic E-state index is 0.565. The maximum atomic E-state index is 10.6. The lowest BCUT2D eigenvalue weighted by Crippen LogP contribution is -1.92. The number of hydrogen-bond acceptors (Lipinski definition) is 3. The number of halogens is 1. The van der Waals surface area contributed by atoms with E-state index in [9.17, 15) is 4.79 Å². The van der Waals surface area contributed by atoms with Crippen LogP contribution >= 0.6 is 11.6 Å². The first-order chi connectivity index (χ1) is 9.56. The standard InChI is InChI=1S/C14H10ClN3O2/c1-18-14-11(7-16-18)17-10-4-2-8(3-5-12(19)20)6-9(10)13(14)15/h2-7H,1H3,(H,19,20)/b5-3+. The SMILES string of the molecule is Cn1ncc2nc3ccc(/C=C/C(=O)O)cc3c(Cl)c21. The number of carboxylic acid groups (broad SMARTS) is 1. The fourth-order valence-electron chi connectivity index (χ4n) is 2.12. The smallest absolute Gasteiger partial charge is 0.328 e. The monoisotopic (exact) mass is 287 g/mol. The summed E-state index contributed by atoms with van der Waals surface area (Å²) < 4.78 is 1.67. The number of hydrogen-bond donors (Lipinski definition) is 1. The second-order valence-corrected chi connectivity index (χ2v) is 4.75. The molecule has 0 unspecified atom stereocenters. The van der Waals surface area contributed by atoms with Crippen molar-refractivity contribution < 1.29 is 9.90 Å². The van der Waals surface area contributed by atoms with Gasteiger partial charge in [-0.15, -0.1) is 0 Å². The summed E-state index contributed by atoms with van der Waals surface area (Å²) in [6, 6.07) is 5.43. The number of aromatic nitrogens is 3. The van der Waals surface area contributed by atoms with Crippen LogP contribution in [0.3, 0.4) is 0 Å². The fraction of sp³-hybridized carbons (Fsp3) is 0.0714. The minimum atomic E-state index is -0.989. The van der Waals surface area contributed by atoms with Gasteiger partial charge in [0.2, 0.25) is 0 Å². The van der Waals surface area contributed by atoms with E-state index >= 15 is 0 Å². The highest BCUT2D eigenvalue weighted by Crippen LogP contribution is 2.30. The highest BCUT2D eigenvalue weighted by molar-refractivity contribution is 6.39. The first kappa shape index (κ1) is 12.6. The third kappa shape index (κ3) is 2.02. The Labute approximate surface area is 119 Å². The molecule has 3 rings (SSSR count). The lowest BCUT2D eigenvalue weighted by atomic mass is 10.1. The van der Waals surface area contributed by atoms with Crippen molar-refractivity contribution in [1.82, 2.24) is 14.8 Å². The number of aliphatic carboxylic acids is 1. The van der Waals surface area contributed by atoms with Gasteiger partial charge in [-0.05, 0) is 23.8 Å². The van der Waals surface area contributed by atoms with Crippen LogP contribution in [0, 0.1) is 0 Å². The average Bonchev–Trinajstić information content (AvgIpc) is 2.78. The number of carboxylic acids is 1. The predicted octanol–water partition coefficient (Wildman–Crippen LogP) is 2.87. The summed E-state index contributed by atoms with van der Waals surface area (Å²) in [4.78, 5) is 15.0. The van der Waals surface area contributed by atoms with E-state index < -0.39 is 5.97 Å². The van der Waals surface area contributed by atoms with Crippen LogP contribution in [0.1, 0.15) is 5.56 Å². The summed E-state index contributed by atoms with van der Waals surface area (Å²) in [5.74, 6) is -0.989. The predicted molar refractivity (Wildman–Crippen MR) is 77.7 cm³/mol. The van der Waals surface area contributed by atoms with Crippen LogP contribution in [-0.4, -0.2) is 25.8 Å². The number of rotatable bonds is 2. The van der Waals surface area contributed by atoms with Gasteiger partial charge < -0.3 is 5.11 Å². The molecule has 0 atom stereocenters. The second kappa shape index (κ2) is 4.61. The average molecular weight is 288 g/mol. The van der Waals surface area contributed by atoms with Crippen molar-refractivity contribution in [2.45, 2.75) is 0 Å². The molecule has 2 heterocycles. The molecule has 0 aliphatic heterocycles. The number of carbonyl (C=O) groups is 1. The van der Waals surface area contributed by atoms with E-state index in [1.165, 1.54) is 6.08 Å². The molecule has 100 valence electrons. The molecule has 2 aromatic heterocycles. The summed E-state index contributed by atoms with van der Waals surface area (Å²) in [6.07, 6.45) is 4.27. The number of fused-ring (bicyclic) bond motifs is 2. The molecule has 0 bridgehead atoms. The van der Waals surface area contributed by atoms with Crippen LogP contribution < -0.4 is 0 Å². The Balaban J connectivity index is 2.27. The molecule has 0 spiro atoms. The molecule has 6 heteroatoms. The van der Waals surface area contributed by atoms with Gasteiger partial charge in [-0.3, -0.25) is 4.68 Å². The van der Waals surface area contributed by atoms with Crippen LogP contribution in [0.2, 0.25) is 5.02 Å². The molecule has 0 amide bonds. The third-order valence-corrected chi connectivity index (χ3v) is 3.43. The highest BCUT2D eigenvalue weighted by atomic mass is 35.5. The number of pyridine rings is 1. The highest BCUT2D eigenvalue weighted by Gasteiger charge is 2.11. The minimum Gasteiger partial charge on any atom is -0.478 e. The molecule has 3 aromatic rings. The van der Waals surface area contributed by atoms with Crippen molar-refractivity contribution in [3.05, 3.63) is 41.1 Å². The van der Waals surface area contributed by atoms with Gasteiger partial charge in [0.1, 0.15) is 11.0 Å². The molecule has 0 saturated heterocycles. The molecule has 0 aliphatic carbocycles. The molecule has 0 radical (unpaired) electrons. The normalized spacial score (nSPS) is 11.7. The van der Waals surface area contributed by atoms with Crippen molar-refractivity contribution in [3.63, 3.8) is 0 Å². The van der Waals surface area contributed by atoms with Gasteiger partial charge in [-0.1, -0.05) is 17.7 Å². The van der Waals surface area contributed by atoms with Crippen LogP contribution in [0.15, 0.2) is 30.5 Å². The molecular formula is C14H10ClN3O2. The first-order valence-corrected chi connectivity index (χ1v) is 6.26. The van der Waals surface area contributed by atoms with E-state index in [4.69, 9.17) is 16.7 Å². The van der Waals surface area contributed by atoms with Gasteiger partial charge >= 0.3 is 5.97 Å². The van der Waals surface area contributed by atoms with Gasteiger partial charge in [-0.2, -0.15) is 5.10 Å². The fourth-order valence-corrected chi connectivity index (χ4v) is 2.49. The van der Waals surface area contributed by atoms with Crippen LogP contribution in [-0.2, 0) is 11.8 Å². The molecule has 0 aliphatic rings. The van der Waals surface area contributed by atoms with Crippen LogP contribution in [0.5, 0.6) is 0 Å². The Morgan fingerprint density at radius 3 is 2.95 bits per heavy atom. The summed E-state index contributed by atoms with van der Waals surface area (Å²) in [5.41, 5.74) is 3.01. The lowest BCUT2D eigenvalue weighted by molar-refractivity contribution is -0.131. The van der Waals surface area contributed by atoms with E-state index in [2.05, 4.69) is 10.1 Å².